The monoisotopic (exact) mass is 400 g/mol. The van der Waals surface area contributed by atoms with E-state index in [-0.39, 0.29) is 18.9 Å². The highest BCUT2D eigenvalue weighted by atomic mass is 32.2. The van der Waals surface area contributed by atoms with Gasteiger partial charge in [-0.25, -0.2) is 12.7 Å². The number of carbonyl (C=O) groups excluding carboxylic acids is 1. The van der Waals surface area contributed by atoms with Crippen LogP contribution in [0.3, 0.4) is 0 Å². The summed E-state index contributed by atoms with van der Waals surface area (Å²) in [5, 5.41) is -1.10. The summed E-state index contributed by atoms with van der Waals surface area (Å²) in [7, 11) is -3.91. The first-order valence-electron chi connectivity index (χ1n) is 9.08. The zero-order valence-corrected chi connectivity index (χ0v) is 17.0. The Hall–Kier alpha value is -2.67. The van der Waals surface area contributed by atoms with Crippen molar-refractivity contribution < 1.29 is 17.9 Å². The van der Waals surface area contributed by atoms with Crippen LogP contribution in [0.15, 0.2) is 65.7 Å². The quantitative estimate of drug-likeness (QED) is 0.722. The van der Waals surface area contributed by atoms with E-state index in [1.54, 1.807) is 51.1 Å². The van der Waals surface area contributed by atoms with E-state index in [9.17, 15) is 13.2 Å². The van der Waals surface area contributed by atoms with Crippen LogP contribution in [0.2, 0.25) is 0 Å². The highest BCUT2D eigenvalue weighted by Gasteiger charge is 2.54. The first-order valence-corrected chi connectivity index (χ1v) is 10.6. The van der Waals surface area contributed by atoms with E-state index in [1.807, 2.05) is 30.3 Å². The van der Waals surface area contributed by atoms with Crippen LogP contribution >= 0.6 is 0 Å². The first kappa shape index (κ1) is 20.1. The lowest BCUT2D eigenvalue weighted by Gasteiger charge is -2.30. The van der Waals surface area contributed by atoms with Crippen molar-refractivity contribution in [3.05, 3.63) is 66.2 Å². The fourth-order valence-electron chi connectivity index (χ4n) is 3.22. The summed E-state index contributed by atoms with van der Waals surface area (Å²) in [6, 6.07) is 18.0. The summed E-state index contributed by atoms with van der Waals surface area (Å²) in [6.07, 6.45) is 0. The highest BCUT2D eigenvalue weighted by molar-refractivity contribution is 7.91. The smallest absolute Gasteiger partial charge is 0.283 e. The molecule has 0 aromatic heterocycles. The van der Waals surface area contributed by atoms with Gasteiger partial charge in [0.15, 0.2) is 5.25 Å². The molecule has 1 saturated heterocycles. The SMILES string of the molecule is CC(C)(C)N1C(=O)C(=NCCOc2ccccc2)C(c2ccccc2)S1(=O)=O. The minimum absolute atomic E-state index is 0.0396. The van der Waals surface area contributed by atoms with Gasteiger partial charge in [-0.05, 0) is 38.5 Å². The maximum absolute atomic E-state index is 13.2. The Morgan fingerprint density at radius 3 is 2.14 bits per heavy atom. The number of hydrogen-bond donors (Lipinski definition) is 0. The molecule has 2 aromatic rings. The minimum atomic E-state index is -3.91. The summed E-state index contributed by atoms with van der Waals surface area (Å²) in [6.45, 7) is 5.54. The summed E-state index contributed by atoms with van der Waals surface area (Å²) in [4.78, 5) is 17.3. The Balaban J connectivity index is 1.91. The van der Waals surface area contributed by atoms with Crippen molar-refractivity contribution in [3.63, 3.8) is 0 Å². The zero-order chi connectivity index (χ0) is 20.4. The Labute approximate surface area is 165 Å². The number of benzene rings is 2. The number of sulfonamides is 1. The van der Waals surface area contributed by atoms with Gasteiger partial charge in [0.05, 0.1) is 12.1 Å². The van der Waals surface area contributed by atoms with Crippen molar-refractivity contribution in [2.45, 2.75) is 31.6 Å². The molecule has 1 atom stereocenters. The van der Waals surface area contributed by atoms with E-state index < -0.39 is 26.7 Å². The molecule has 1 unspecified atom stereocenters. The van der Waals surface area contributed by atoms with Crippen LogP contribution in [0, 0.1) is 0 Å². The second-order valence-electron chi connectivity index (χ2n) is 7.50. The molecule has 148 valence electrons. The standard InChI is InChI=1S/C21H24N2O4S/c1-21(2,3)23-20(24)18(22-14-15-27-17-12-8-5-9-13-17)19(28(23,25)26)16-10-6-4-7-11-16/h4-13,19H,14-15H2,1-3H3. The molecular formula is C21H24N2O4S. The molecular weight excluding hydrogens is 376 g/mol. The van der Waals surface area contributed by atoms with Crippen molar-refractivity contribution >= 4 is 21.6 Å². The topological polar surface area (TPSA) is 76.0 Å². The molecule has 1 aliphatic heterocycles. The van der Waals surface area contributed by atoms with Gasteiger partial charge in [0.2, 0.25) is 0 Å². The Kier molecular flexibility index (Phi) is 5.56. The molecule has 3 rings (SSSR count). The lowest BCUT2D eigenvalue weighted by atomic mass is 10.1. The number of ether oxygens (including phenoxy) is 1. The summed E-state index contributed by atoms with van der Waals surface area (Å²) < 4.78 is 33.0. The number of nitrogens with zero attached hydrogens (tertiary/aromatic N) is 2. The molecule has 7 heteroatoms. The summed E-state index contributed by atoms with van der Waals surface area (Å²) >= 11 is 0. The van der Waals surface area contributed by atoms with Crippen molar-refractivity contribution in [1.82, 2.24) is 4.31 Å². The Morgan fingerprint density at radius 2 is 1.57 bits per heavy atom. The lowest BCUT2D eigenvalue weighted by Crippen LogP contribution is -2.45. The van der Waals surface area contributed by atoms with Crippen molar-refractivity contribution in [2.75, 3.05) is 13.2 Å². The average molecular weight is 401 g/mol. The highest BCUT2D eigenvalue weighted by Crippen LogP contribution is 2.38. The third kappa shape index (κ3) is 3.94. The fraction of sp³-hybridized carbons (Fsp3) is 0.333. The molecule has 0 radical (unpaired) electrons. The second kappa shape index (κ2) is 7.75. The Bertz CT molecular complexity index is 964. The zero-order valence-electron chi connectivity index (χ0n) is 16.2. The van der Waals surface area contributed by atoms with Crippen LogP contribution in [-0.2, 0) is 14.8 Å². The molecule has 1 heterocycles. The molecule has 2 aromatic carbocycles. The van der Waals surface area contributed by atoms with Gasteiger partial charge in [0.1, 0.15) is 18.1 Å². The van der Waals surface area contributed by atoms with Gasteiger partial charge in [-0.3, -0.25) is 9.79 Å². The van der Waals surface area contributed by atoms with E-state index >= 15 is 0 Å². The normalized spacial score (nSPS) is 20.5. The van der Waals surface area contributed by atoms with Gasteiger partial charge in [0.25, 0.3) is 15.9 Å². The van der Waals surface area contributed by atoms with E-state index in [0.717, 1.165) is 4.31 Å². The van der Waals surface area contributed by atoms with Crippen LogP contribution in [0.4, 0.5) is 0 Å². The maximum atomic E-state index is 13.2. The van der Waals surface area contributed by atoms with Gasteiger partial charge in [-0.15, -0.1) is 0 Å². The van der Waals surface area contributed by atoms with Gasteiger partial charge in [-0.2, -0.15) is 0 Å². The largest absolute Gasteiger partial charge is 0.492 e. The van der Waals surface area contributed by atoms with Crippen LogP contribution in [0.1, 0.15) is 31.6 Å². The predicted octanol–water partition coefficient (Wildman–Crippen LogP) is 3.22. The number of carbonyl (C=O) groups is 1. The summed E-state index contributed by atoms with van der Waals surface area (Å²) in [5.41, 5.74) is -0.302. The lowest BCUT2D eigenvalue weighted by molar-refractivity contribution is -0.122. The predicted molar refractivity (Wildman–Crippen MR) is 109 cm³/mol. The van der Waals surface area contributed by atoms with Crippen molar-refractivity contribution in [1.29, 1.82) is 0 Å². The van der Waals surface area contributed by atoms with Crippen LogP contribution in [-0.4, -0.2) is 43.0 Å². The van der Waals surface area contributed by atoms with Gasteiger partial charge in [0, 0.05) is 0 Å². The van der Waals surface area contributed by atoms with Gasteiger partial charge < -0.3 is 4.74 Å². The molecule has 0 spiro atoms. The average Bonchev–Trinajstić information content (AvgIpc) is 2.85. The fourth-order valence-corrected chi connectivity index (χ4v) is 5.48. The maximum Gasteiger partial charge on any atom is 0.283 e. The Morgan fingerprint density at radius 1 is 1.00 bits per heavy atom. The molecule has 0 saturated carbocycles. The molecule has 1 aliphatic rings. The van der Waals surface area contributed by atoms with Crippen molar-refractivity contribution in [2.24, 2.45) is 4.99 Å². The third-order valence-corrected chi connectivity index (χ3v) is 6.61. The van der Waals surface area contributed by atoms with E-state index in [4.69, 9.17) is 4.74 Å². The molecule has 0 N–H and O–H groups in total. The second-order valence-corrected chi connectivity index (χ2v) is 9.37. The minimum Gasteiger partial charge on any atom is -0.492 e. The third-order valence-electron chi connectivity index (χ3n) is 4.30. The van der Waals surface area contributed by atoms with Gasteiger partial charge in [-0.1, -0.05) is 48.5 Å². The molecule has 1 amide bonds. The van der Waals surface area contributed by atoms with E-state index in [0.29, 0.717) is 11.3 Å². The molecule has 28 heavy (non-hydrogen) atoms. The van der Waals surface area contributed by atoms with E-state index in [2.05, 4.69) is 4.99 Å². The van der Waals surface area contributed by atoms with Crippen molar-refractivity contribution in [3.8, 4) is 5.75 Å². The molecule has 1 fully saturated rings. The van der Waals surface area contributed by atoms with Crippen LogP contribution in [0.5, 0.6) is 5.75 Å². The summed E-state index contributed by atoms with van der Waals surface area (Å²) in [5.74, 6) is 0.130. The van der Waals surface area contributed by atoms with Gasteiger partial charge >= 0.3 is 0 Å². The van der Waals surface area contributed by atoms with Crippen LogP contribution < -0.4 is 4.74 Å². The number of hydrogen-bond acceptors (Lipinski definition) is 5. The molecule has 0 aliphatic carbocycles. The number of aliphatic imine (C=N–C) groups is 1. The molecule has 0 bridgehead atoms. The number of amides is 1. The number of rotatable bonds is 5. The number of para-hydroxylation sites is 1. The molecule has 6 nitrogen and oxygen atoms in total. The first-order chi connectivity index (χ1) is 13.2. The van der Waals surface area contributed by atoms with E-state index in [1.165, 1.54) is 0 Å². The van der Waals surface area contributed by atoms with Crippen LogP contribution in [0.25, 0.3) is 0 Å².